The van der Waals surface area contributed by atoms with Crippen LogP contribution in [0, 0.1) is 12.7 Å². The molecule has 3 aromatic rings. The SMILES string of the molecule is Cc1ccc(S(=O)(=O)n2cc(C(=O)/C=C/N(C)C)c3cc(F)ccc32)cc1. The molecule has 27 heavy (non-hydrogen) atoms. The van der Waals surface area contributed by atoms with Crippen molar-refractivity contribution in [1.82, 2.24) is 8.87 Å². The van der Waals surface area contributed by atoms with Gasteiger partial charge in [-0.1, -0.05) is 17.7 Å². The largest absolute Gasteiger partial charge is 0.383 e. The highest BCUT2D eigenvalue weighted by Crippen LogP contribution is 2.27. The number of allylic oxidation sites excluding steroid dienone is 1. The van der Waals surface area contributed by atoms with Crippen LogP contribution in [-0.4, -0.2) is 37.2 Å². The molecule has 7 heteroatoms. The summed E-state index contributed by atoms with van der Waals surface area (Å²) >= 11 is 0. The van der Waals surface area contributed by atoms with E-state index in [1.54, 1.807) is 37.3 Å². The predicted octanol–water partition coefficient (Wildman–Crippen LogP) is 3.58. The summed E-state index contributed by atoms with van der Waals surface area (Å²) in [5, 5.41) is 0.249. The van der Waals surface area contributed by atoms with Crippen LogP contribution in [0.3, 0.4) is 0 Å². The van der Waals surface area contributed by atoms with Gasteiger partial charge in [0.05, 0.1) is 10.4 Å². The van der Waals surface area contributed by atoms with Crippen molar-refractivity contribution >= 4 is 26.7 Å². The Hall–Kier alpha value is -2.93. The molecular formula is C20H19FN2O3S. The van der Waals surface area contributed by atoms with Crippen molar-refractivity contribution in [3.63, 3.8) is 0 Å². The topological polar surface area (TPSA) is 59.4 Å². The number of carbonyl (C=O) groups is 1. The molecule has 1 aromatic heterocycles. The number of ketones is 1. The highest BCUT2D eigenvalue weighted by molar-refractivity contribution is 7.90. The van der Waals surface area contributed by atoms with Gasteiger partial charge >= 0.3 is 0 Å². The number of nitrogens with zero attached hydrogens (tertiary/aromatic N) is 2. The summed E-state index contributed by atoms with van der Waals surface area (Å²) in [4.78, 5) is 14.3. The smallest absolute Gasteiger partial charge is 0.268 e. The monoisotopic (exact) mass is 386 g/mol. The van der Waals surface area contributed by atoms with Crippen LogP contribution in [0.25, 0.3) is 10.9 Å². The van der Waals surface area contributed by atoms with E-state index in [9.17, 15) is 17.6 Å². The number of halogens is 1. The average molecular weight is 386 g/mol. The molecular weight excluding hydrogens is 367 g/mol. The minimum atomic E-state index is -3.93. The molecule has 140 valence electrons. The zero-order valence-corrected chi connectivity index (χ0v) is 16.0. The van der Waals surface area contributed by atoms with Crippen LogP contribution >= 0.6 is 0 Å². The third-order valence-electron chi connectivity index (χ3n) is 4.10. The van der Waals surface area contributed by atoms with Crippen molar-refractivity contribution in [1.29, 1.82) is 0 Å². The number of aromatic nitrogens is 1. The standard InChI is InChI=1S/C20H19FN2O3S/c1-14-4-7-16(8-5-14)27(25,26)23-13-18(20(24)10-11-22(2)3)17-12-15(21)6-9-19(17)23/h4-13H,1-3H3/b11-10+. The van der Waals surface area contributed by atoms with E-state index in [1.165, 1.54) is 42.6 Å². The second-order valence-electron chi connectivity index (χ2n) is 6.46. The average Bonchev–Trinajstić information content (AvgIpc) is 2.99. The fourth-order valence-electron chi connectivity index (χ4n) is 2.70. The zero-order chi connectivity index (χ0) is 19.8. The van der Waals surface area contributed by atoms with Gasteiger partial charge in [0.2, 0.25) is 0 Å². The van der Waals surface area contributed by atoms with Gasteiger partial charge in [0.1, 0.15) is 5.82 Å². The molecule has 0 fully saturated rings. The summed E-state index contributed by atoms with van der Waals surface area (Å²) in [6, 6.07) is 10.1. The van der Waals surface area contributed by atoms with Crippen molar-refractivity contribution in [2.45, 2.75) is 11.8 Å². The molecule has 0 aliphatic carbocycles. The maximum Gasteiger partial charge on any atom is 0.268 e. The van der Waals surface area contributed by atoms with E-state index < -0.39 is 21.6 Å². The molecule has 5 nitrogen and oxygen atoms in total. The Morgan fingerprint density at radius 3 is 2.41 bits per heavy atom. The summed E-state index contributed by atoms with van der Waals surface area (Å²) in [6.07, 6.45) is 4.13. The fourth-order valence-corrected chi connectivity index (χ4v) is 4.07. The lowest BCUT2D eigenvalue weighted by atomic mass is 10.1. The predicted molar refractivity (Wildman–Crippen MR) is 103 cm³/mol. The Bertz CT molecular complexity index is 1140. The van der Waals surface area contributed by atoms with E-state index >= 15 is 0 Å². The first kappa shape index (κ1) is 18.8. The van der Waals surface area contributed by atoms with Crippen LogP contribution in [0.5, 0.6) is 0 Å². The molecule has 0 amide bonds. The second-order valence-corrected chi connectivity index (χ2v) is 8.28. The first-order valence-corrected chi connectivity index (χ1v) is 9.66. The molecule has 0 unspecified atom stereocenters. The molecule has 0 radical (unpaired) electrons. The highest BCUT2D eigenvalue weighted by Gasteiger charge is 2.23. The summed E-state index contributed by atoms with van der Waals surface area (Å²) in [7, 11) is -0.415. The van der Waals surface area contributed by atoms with Gasteiger partial charge in [-0.3, -0.25) is 4.79 Å². The van der Waals surface area contributed by atoms with Crippen molar-refractivity contribution < 1.29 is 17.6 Å². The zero-order valence-electron chi connectivity index (χ0n) is 15.2. The maximum atomic E-state index is 13.8. The van der Waals surface area contributed by atoms with Crippen LogP contribution in [0.1, 0.15) is 15.9 Å². The summed E-state index contributed by atoms with van der Waals surface area (Å²) in [5.41, 5.74) is 1.30. The molecule has 0 aliphatic heterocycles. The first-order valence-electron chi connectivity index (χ1n) is 8.22. The van der Waals surface area contributed by atoms with Crippen LogP contribution in [0.2, 0.25) is 0 Å². The molecule has 3 rings (SSSR count). The maximum absolute atomic E-state index is 13.8. The van der Waals surface area contributed by atoms with E-state index in [1.807, 2.05) is 6.92 Å². The minimum Gasteiger partial charge on any atom is -0.383 e. The minimum absolute atomic E-state index is 0.0946. The lowest BCUT2D eigenvalue weighted by Crippen LogP contribution is -2.12. The van der Waals surface area contributed by atoms with E-state index in [-0.39, 0.29) is 21.4 Å². The number of aryl methyl sites for hydroxylation is 1. The molecule has 0 bridgehead atoms. The Labute approximate surface area is 157 Å². The number of benzene rings is 2. The van der Waals surface area contributed by atoms with Crippen molar-refractivity contribution in [2.75, 3.05) is 14.1 Å². The molecule has 0 saturated carbocycles. The van der Waals surface area contributed by atoms with E-state index in [4.69, 9.17) is 0 Å². The molecule has 0 N–H and O–H groups in total. The van der Waals surface area contributed by atoms with Gasteiger partial charge in [0, 0.05) is 43.5 Å². The summed E-state index contributed by atoms with van der Waals surface area (Å²) in [5.74, 6) is -0.948. The Morgan fingerprint density at radius 2 is 1.78 bits per heavy atom. The van der Waals surface area contributed by atoms with Gasteiger partial charge in [-0.15, -0.1) is 0 Å². The second kappa shape index (κ2) is 7.00. The number of rotatable bonds is 5. The molecule has 0 aliphatic rings. The van der Waals surface area contributed by atoms with Crippen LogP contribution < -0.4 is 0 Å². The molecule has 0 spiro atoms. The van der Waals surface area contributed by atoms with Gasteiger partial charge in [0.25, 0.3) is 10.0 Å². The third kappa shape index (κ3) is 3.64. The quantitative estimate of drug-likeness (QED) is 0.497. The third-order valence-corrected chi connectivity index (χ3v) is 5.79. The Kier molecular flexibility index (Phi) is 4.89. The van der Waals surface area contributed by atoms with Crippen molar-refractivity contribution in [2.24, 2.45) is 0 Å². The number of fused-ring (bicyclic) bond motifs is 1. The van der Waals surface area contributed by atoms with Crippen LogP contribution in [0.4, 0.5) is 4.39 Å². The van der Waals surface area contributed by atoms with E-state index in [0.29, 0.717) is 0 Å². The normalized spacial score (nSPS) is 12.0. The lowest BCUT2D eigenvalue weighted by molar-refractivity contribution is 0.104. The first-order chi connectivity index (χ1) is 12.7. The summed E-state index contributed by atoms with van der Waals surface area (Å²) in [6.45, 7) is 1.86. The number of carbonyl (C=O) groups excluding carboxylic acids is 1. The number of hydrogen-bond acceptors (Lipinski definition) is 4. The van der Waals surface area contributed by atoms with Gasteiger partial charge < -0.3 is 4.90 Å². The van der Waals surface area contributed by atoms with Crippen LogP contribution in [0.15, 0.2) is 65.8 Å². The van der Waals surface area contributed by atoms with Crippen LogP contribution in [-0.2, 0) is 10.0 Å². The number of hydrogen-bond donors (Lipinski definition) is 0. The summed E-state index contributed by atoms with van der Waals surface area (Å²) < 4.78 is 41.0. The molecule has 2 aromatic carbocycles. The molecule has 0 atom stereocenters. The van der Waals surface area contributed by atoms with E-state index in [0.717, 1.165) is 9.54 Å². The highest BCUT2D eigenvalue weighted by atomic mass is 32.2. The Morgan fingerprint density at radius 1 is 1.11 bits per heavy atom. The Balaban J connectivity index is 2.22. The van der Waals surface area contributed by atoms with Gasteiger partial charge in [-0.05, 0) is 37.3 Å². The van der Waals surface area contributed by atoms with Gasteiger partial charge in [0.15, 0.2) is 5.78 Å². The van der Waals surface area contributed by atoms with E-state index in [2.05, 4.69) is 0 Å². The van der Waals surface area contributed by atoms with Crippen molar-refractivity contribution in [3.05, 3.63) is 77.9 Å². The van der Waals surface area contributed by atoms with Gasteiger partial charge in [-0.25, -0.2) is 16.8 Å². The lowest BCUT2D eigenvalue weighted by Gasteiger charge is -2.07. The molecule has 1 heterocycles. The van der Waals surface area contributed by atoms with Crippen molar-refractivity contribution in [3.8, 4) is 0 Å². The fraction of sp³-hybridized carbons (Fsp3) is 0.150. The van der Waals surface area contributed by atoms with Gasteiger partial charge in [-0.2, -0.15) is 0 Å². The molecule has 0 saturated heterocycles.